The van der Waals surface area contributed by atoms with Crippen molar-refractivity contribution in [1.82, 2.24) is 24.8 Å². The Morgan fingerprint density at radius 1 is 1.40 bits per heavy atom. The van der Waals surface area contributed by atoms with E-state index in [2.05, 4.69) is 25.6 Å². The molecule has 2 aromatic rings. The van der Waals surface area contributed by atoms with Gasteiger partial charge in [-0.3, -0.25) is 4.57 Å². The van der Waals surface area contributed by atoms with E-state index >= 15 is 0 Å². The van der Waals surface area contributed by atoms with Crippen LogP contribution >= 0.6 is 12.2 Å². The molecule has 20 heavy (non-hydrogen) atoms. The van der Waals surface area contributed by atoms with Crippen LogP contribution in [0.1, 0.15) is 24.6 Å². The van der Waals surface area contributed by atoms with Crippen LogP contribution in [0.2, 0.25) is 0 Å². The van der Waals surface area contributed by atoms with Gasteiger partial charge in [0.05, 0.1) is 5.69 Å². The van der Waals surface area contributed by atoms with Crippen molar-refractivity contribution in [3.05, 3.63) is 30.0 Å². The van der Waals surface area contributed by atoms with E-state index in [1.807, 2.05) is 17.7 Å². The summed E-state index contributed by atoms with van der Waals surface area (Å²) >= 11 is 5.19. The molecular formula is C13H16N6S. The van der Waals surface area contributed by atoms with Crippen molar-refractivity contribution in [1.29, 1.82) is 0 Å². The maximum Gasteiger partial charge on any atom is 0.231 e. The largest absolute Gasteiger partial charge is 0.363 e. The SMILES string of the molecule is CCNC(=S)Nc1nc2c(c(-n3ccnc3)n1)CCC2. The molecule has 7 heteroatoms. The van der Waals surface area contributed by atoms with Gasteiger partial charge in [0.1, 0.15) is 12.1 Å². The molecule has 6 nitrogen and oxygen atoms in total. The monoisotopic (exact) mass is 288 g/mol. The zero-order chi connectivity index (χ0) is 13.9. The lowest BCUT2D eigenvalue weighted by Gasteiger charge is -2.12. The standard InChI is InChI=1S/C13H16N6S/c1-2-15-13(20)18-12-16-10-5-3-4-9(10)11(17-12)19-7-6-14-8-19/h6-8H,2-5H2,1H3,(H2,15,16,17,18,20). The van der Waals surface area contributed by atoms with Crippen molar-refractivity contribution in [2.45, 2.75) is 26.2 Å². The van der Waals surface area contributed by atoms with E-state index in [4.69, 9.17) is 12.2 Å². The fourth-order valence-electron chi connectivity index (χ4n) is 2.37. The van der Waals surface area contributed by atoms with Crippen molar-refractivity contribution >= 4 is 23.3 Å². The molecule has 0 amide bonds. The predicted molar refractivity (Wildman–Crippen MR) is 81.1 cm³/mol. The number of rotatable bonds is 3. The molecule has 2 heterocycles. The van der Waals surface area contributed by atoms with Crippen LogP contribution in [-0.2, 0) is 12.8 Å². The summed E-state index contributed by atoms with van der Waals surface area (Å²) in [6.07, 6.45) is 8.52. The van der Waals surface area contributed by atoms with Gasteiger partial charge in [0.2, 0.25) is 5.95 Å². The molecule has 0 spiro atoms. The van der Waals surface area contributed by atoms with Crippen molar-refractivity contribution in [3.63, 3.8) is 0 Å². The Morgan fingerprint density at radius 3 is 3.05 bits per heavy atom. The Hall–Kier alpha value is -2.02. The second kappa shape index (κ2) is 5.54. The third-order valence-corrected chi connectivity index (χ3v) is 3.47. The van der Waals surface area contributed by atoms with E-state index < -0.39 is 0 Å². The number of anilines is 1. The van der Waals surface area contributed by atoms with Gasteiger partial charge in [0, 0.05) is 24.5 Å². The van der Waals surface area contributed by atoms with Crippen LogP contribution < -0.4 is 10.6 Å². The van der Waals surface area contributed by atoms with Gasteiger partial charge in [0.15, 0.2) is 5.11 Å². The van der Waals surface area contributed by atoms with Crippen molar-refractivity contribution < 1.29 is 0 Å². The summed E-state index contributed by atoms with van der Waals surface area (Å²) in [4.78, 5) is 13.2. The van der Waals surface area contributed by atoms with E-state index in [0.29, 0.717) is 11.1 Å². The fraction of sp³-hybridized carbons (Fsp3) is 0.385. The molecule has 1 aliphatic rings. The van der Waals surface area contributed by atoms with Gasteiger partial charge < -0.3 is 10.6 Å². The van der Waals surface area contributed by atoms with Gasteiger partial charge >= 0.3 is 0 Å². The van der Waals surface area contributed by atoms with Crippen LogP contribution in [0.25, 0.3) is 5.82 Å². The van der Waals surface area contributed by atoms with E-state index in [-0.39, 0.29) is 0 Å². The molecule has 0 radical (unpaired) electrons. The first-order valence-corrected chi connectivity index (χ1v) is 7.11. The number of hydrogen-bond donors (Lipinski definition) is 2. The third kappa shape index (κ3) is 2.49. The number of nitrogens with zero attached hydrogens (tertiary/aromatic N) is 4. The van der Waals surface area contributed by atoms with E-state index in [1.165, 1.54) is 5.56 Å². The van der Waals surface area contributed by atoms with Crippen LogP contribution in [-0.4, -0.2) is 31.2 Å². The van der Waals surface area contributed by atoms with Crippen molar-refractivity contribution in [2.75, 3.05) is 11.9 Å². The summed E-state index contributed by atoms with van der Waals surface area (Å²) in [7, 11) is 0. The molecule has 0 aliphatic heterocycles. The predicted octanol–water partition coefficient (Wildman–Crippen LogP) is 1.46. The molecule has 0 aromatic carbocycles. The second-order valence-corrected chi connectivity index (χ2v) is 5.01. The molecule has 0 saturated carbocycles. The fourth-order valence-corrected chi connectivity index (χ4v) is 2.61. The summed E-state index contributed by atoms with van der Waals surface area (Å²) in [6.45, 7) is 2.76. The number of fused-ring (bicyclic) bond motifs is 1. The first-order valence-electron chi connectivity index (χ1n) is 6.71. The normalized spacial score (nSPS) is 13.1. The summed E-state index contributed by atoms with van der Waals surface area (Å²) < 4.78 is 1.92. The first kappa shape index (κ1) is 13.0. The van der Waals surface area contributed by atoms with Gasteiger partial charge in [-0.25, -0.2) is 9.97 Å². The Kier molecular flexibility index (Phi) is 3.60. The highest BCUT2D eigenvalue weighted by atomic mass is 32.1. The summed E-state index contributed by atoms with van der Waals surface area (Å²) in [5, 5.41) is 6.62. The van der Waals surface area contributed by atoms with Crippen LogP contribution in [0.15, 0.2) is 18.7 Å². The number of thiocarbonyl (C=S) groups is 1. The zero-order valence-corrected chi connectivity index (χ0v) is 12.1. The maximum absolute atomic E-state index is 5.19. The topological polar surface area (TPSA) is 67.7 Å². The van der Waals surface area contributed by atoms with Gasteiger partial charge in [-0.1, -0.05) is 0 Å². The highest BCUT2D eigenvalue weighted by Crippen LogP contribution is 2.26. The number of nitrogens with one attached hydrogen (secondary N) is 2. The molecule has 2 N–H and O–H groups in total. The number of aryl methyl sites for hydroxylation is 1. The van der Waals surface area contributed by atoms with Gasteiger partial charge in [-0.2, -0.15) is 4.98 Å². The number of hydrogen-bond acceptors (Lipinski definition) is 4. The smallest absolute Gasteiger partial charge is 0.231 e. The van der Waals surface area contributed by atoms with Crippen LogP contribution in [0.3, 0.4) is 0 Å². The van der Waals surface area contributed by atoms with Crippen molar-refractivity contribution in [3.8, 4) is 5.82 Å². The lowest BCUT2D eigenvalue weighted by Crippen LogP contribution is -2.29. The number of aromatic nitrogens is 4. The average Bonchev–Trinajstić information content (AvgIpc) is 3.09. The highest BCUT2D eigenvalue weighted by molar-refractivity contribution is 7.80. The molecule has 0 atom stereocenters. The number of imidazole rings is 1. The minimum absolute atomic E-state index is 0.542. The molecule has 0 fully saturated rings. The van der Waals surface area contributed by atoms with Gasteiger partial charge in [-0.05, 0) is 38.4 Å². The lowest BCUT2D eigenvalue weighted by molar-refractivity contribution is 0.895. The molecule has 2 aromatic heterocycles. The summed E-state index contributed by atoms with van der Waals surface area (Å²) in [6, 6.07) is 0. The molecular weight excluding hydrogens is 272 g/mol. The Morgan fingerprint density at radius 2 is 2.30 bits per heavy atom. The maximum atomic E-state index is 5.19. The molecule has 0 saturated heterocycles. The Bertz CT molecular complexity index is 622. The highest BCUT2D eigenvalue weighted by Gasteiger charge is 2.20. The molecule has 3 rings (SSSR count). The van der Waals surface area contributed by atoms with Crippen LogP contribution in [0.4, 0.5) is 5.95 Å². The molecule has 104 valence electrons. The third-order valence-electron chi connectivity index (χ3n) is 3.22. The van der Waals surface area contributed by atoms with Crippen LogP contribution in [0, 0.1) is 0 Å². The molecule has 0 bridgehead atoms. The minimum atomic E-state index is 0.542. The van der Waals surface area contributed by atoms with E-state index in [9.17, 15) is 0 Å². The summed E-state index contributed by atoms with van der Waals surface area (Å²) in [5.41, 5.74) is 2.31. The molecule has 1 aliphatic carbocycles. The second-order valence-electron chi connectivity index (χ2n) is 4.60. The van der Waals surface area contributed by atoms with Gasteiger partial charge in [0.25, 0.3) is 0 Å². The molecule has 0 unspecified atom stereocenters. The Balaban J connectivity index is 1.97. The van der Waals surface area contributed by atoms with E-state index in [0.717, 1.165) is 37.3 Å². The van der Waals surface area contributed by atoms with E-state index in [1.54, 1.807) is 12.5 Å². The van der Waals surface area contributed by atoms with Crippen molar-refractivity contribution in [2.24, 2.45) is 0 Å². The Labute approximate surface area is 122 Å². The lowest BCUT2D eigenvalue weighted by atomic mass is 10.2. The first-order chi connectivity index (χ1) is 9.78. The van der Waals surface area contributed by atoms with Gasteiger partial charge in [-0.15, -0.1) is 0 Å². The minimum Gasteiger partial charge on any atom is -0.363 e. The quantitative estimate of drug-likeness (QED) is 0.833. The van der Waals surface area contributed by atoms with Crippen LogP contribution in [0.5, 0.6) is 0 Å². The average molecular weight is 288 g/mol. The summed E-state index contributed by atoms with van der Waals surface area (Å²) in [5.74, 6) is 1.44. The zero-order valence-electron chi connectivity index (χ0n) is 11.3.